The zero-order valence-electron chi connectivity index (χ0n) is 26.8. The van der Waals surface area contributed by atoms with Crippen molar-refractivity contribution in [3.05, 3.63) is 88.2 Å². The van der Waals surface area contributed by atoms with E-state index in [1.807, 2.05) is 13.8 Å². The topological polar surface area (TPSA) is 119 Å². The van der Waals surface area contributed by atoms with Crippen LogP contribution in [0.1, 0.15) is 37.9 Å². The quantitative estimate of drug-likeness (QED) is 0.292. The first kappa shape index (κ1) is 32.8. The standard InChI is InChI=1S/C35H34F3N5O5/c1-6-25(46)41-16-23-34(47)40(12-13-44)33-32(42(23)15-19(41)5)20-14-22(37)27(26-21(36)8-7-9-24(26)45)28(38)31(20)43(35(33)48)30-18(4)10-11-39-29(30)17(2)3/h6-11,14,17,19,23,44-45H,1,12-13,15-16H2,2-5H3/t19-,23-/m1/s1. The Morgan fingerprint density at radius 1 is 1.08 bits per heavy atom. The van der Waals surface area contributed by atoms with Gasteiger partial charge in [0, 0.05) is 30.7 Å². The molecule has 0 radical (unpaired) electrons. The van der Waals surface area contributed by atoms with Gasteiger partial charge in [0.1, 0.15) is 29.1 Å². The highest BCUT2D eigenvalue weighted by Gasteiger charge is 2.47. The van der Waals surface area contributed by atoms with Crippen LogP contribution in [0.4, 0.5) is 24.5 Å². The van der Waals surface area contributed by atoms with E-state index in [-0.39, 0.29) is 48.0 Å². The molecule has 4 aromatic rings. The maximum atomic E-state index is 17.3. The number of aliphatic hydroxyl groups is 1. The first-order valence-corrected chi connectivity index (χ1v) is 15.5. The number of aromatic hydroxyl groups is 1. The lowest BCUT2D eigenvalue weighted by molar-refractivity contribution is -0.130. The molecule has 6 rings (SSSR count). The number of benzene rings is 2. The average Bonchev–Trinajstić information content (AvgIpc) is 3.04. The molecule has 2 aliphatic rings. The Labute approximate surface area is 273 Å². The summed E-state index contributed by atoms with van der Waals surface area (Å²) in [6.45, 7) is 9.65. The predicted molar refractivity (Wildman–Crippen MR) is 175 cm³/mol. The van der Waals surface area contributed by atoms with Gasteiger partial charge in [0.15, 0.2) is 5.82 Å². The molecule has 1 fully saturated rings. The van der Waals surface area contributed by atoms with Crippen molar-refractivity contribution in [1.29, 1.82) is 0 Å². The van der Waals surface area contributed by atoms with Crippen molar-refractivity contribution in [2.45, 2.75) is 45.7 Å². The maximum absolute atomic E-state index is 17.3. The number of aryl methyl sites for hydroxylation is 1. The molecule has 2 amide bonds. The lowest BCUT2D eigenvalue weighted by Gasteiger charge is -2.50. The summed E-state index contributed by atoms with van der Waals surface area (Å²) >= 11 is 0. The van der Waals surface area contributed by atoms with E-state index >= 15 is 13.2 Å². The van der Waals surface area contributed by atoms with Crippen molar-refractivity contribution in [1.82, 2.24) is 14.5 Å². The number of phenolic OH excluding ortho intramolecular Hbond substituents is 1. The number of carbonyl (C=O) groups is 2. The zero-order chi connectivity index (χ0) is 34.8. The first-order valence-electron chi connectivity index (χ1n) is 15.5. The maximum Gasteiger partial charge on any atom is 0.281 e. The van der Waals surface area contributed by atoms with Crippen LogP contribution in [0.25, 0.3) is 27.7 Å². The van der Waals surface area contributed by atoms with Gasteiger partial charge >= 0.3 is 0 Å². The van der Waals surface area contributed by atoms with Gasteiger partial charge in [-0.15, -0.1) is 0 Å². The SMILES string of the molecule is C=CC(=O)N1C[C@@H]2C(=O)N(CCO)c3c(c4cc(F)c(-c5c(O)cccc5F)c(F)c4n(-c4c(C)ccnc4C(C)C)c3=O)N2C[C@H]1C. The van der Waals surface area contributed by atoms with Gasteiger partial charge in [-0.3, -0.25) is 23.9 Å². The molecular weight excluding hydrogens is 627 g/mol. The lowest BCUT2D eigenvalue weighted by Crippen LogP contribution is -2.67. The van der Waals surface area contributed by atoms with Crippen molar-refractivity contribution in [2.75, 3.05) is 36.0 Å². The molecule has 0 saturated carbocycles. The Kier molecular flexibility index (Phi) is 8.28. The number of aromatic nitrogens is 2. The second kappa shape index (κ2) is 12.1. The van der Waals surface area contributed by atoms with Gasteiger partial charge < -0.3 is 24.9 Å². The number of piperazine rings is 1. The molecule has 0 unspecified atom stereocenters. The third-order valence-corrected chi connectivity index (χ3v) is 9.10. The highest BCUT2D eigenvalue weighted by Crippen LogP contribution is 2.46. The third-order valence-electron chi connectivity index (χ3n) is 9.10. The number of carbonyl (C=O) groups excluding carboxylic acids is 2. The van der Waals surface area contributed by atoms with Gasteiger partial charge in [0.2, 0.25) is 5.91 Å². The van der Waals surface area contributed by atoms with E-state index in [4.69, 9.17) is 0 Å². The molecule has 0 bridgehead atoms. The number of hydrogen-bond donors (Lipinski definition) is 2. The number of rotatable bonds is 6. The number of nitrogens with zero attached hydrogens (tertiary/aromatic N) is 5. The largest absolute Gasteiger partial charge is 0.507 e. The second-order valence-corrected chi connectivity index (χ2v) is 12.4. The van der Waals surface area contributed by atoms with Crippen LogP contribution in [0.15, 0.2) is 54.0 Å². The predicted octanol–water partition coefficient (Wildman–Crippen LogP) is 4.54. The van der Waals surface area contributed by atoms with Gasteiger partial charge in [-0.1, -0.05) is 26.5 Å². The summed E-state index contributed by atoms with van der Waals surface area (Å²) in [5.74, 6) is -5.64. The fraction of sp³-hybridized carbons (Fsp3) is 0.314. The number of fused-ring (bicyclic) bond motifs is 5. The van der Waals surface area contributed by atoms with E-state index < -0.39 is 75.9 Å². The molecule has 48 heavy (non-hydrogen) atoms. The van der Waals surface area contributed by atoms with Crippen LogP contribution < -0.4 is 15.4 Å². The van der Waals surface area contributed by atoms with Crippen molar-refractivity contribution in [3.63, 3.8) is 0 Å². The minimum Gasteiger partial charge on any atom is -0.507 e. The fourth-order valence-corrected chi connectivity index (χ4v) is 6.94. The van der Waals surface area contributed by atoms with Crippen LogP contribution >= 0.6 is 0 Å². The van der Waals surface area contributed by atoms with Crippen LogP contribution in [0.2, 0.25) is 0 Å². The molecule has 1 saturated heterocycles. The lowest BCUT2D eigenvalue weighted by atomic mass is 9.94. The van der Waals surface area contributed by atoms with Crippen LogP contribution in [0, 0.1) is 24.4 Å². The number of β-amino-alcohol motifs (C(OH)–C–C–N with tert-alkyl or cyclic N) is 1. The molecule has 2 aromatic heterocycles. The Balaban J connectivity index is 1.82. The Morgan fingerprint density at radius 3 is 2.46 bits per heavy atom. The molecule has 250 valence electrons. The Hall–Kier alpha value is -5.17. The third kappa shape index (κ3) is 4.83. The summed E-state index contributed by atoms with van der Waals surface area (Å²) in [5.41, 5.74) is -1.99. The molecule has 0 spiro atoms. The minimum atomic E-state index is -1.32. The van der Waals surface area contributed by atoms with Gasteiger partial charge in [0.05, 0.1) is 46.9 Å². The Morgan fingerprint density at radius 2 is 1.81 bits per heavy atom. The number of halogens is 3. The summed E-state index contributed by atoms with van der Waals surface area (Å²) < 4.78 is 49.8. The van der Waals surface area contributed by atoms with Gasteiger partial charge in [0.25, 0.3) is 11.5 Å². The van der Waals surface area contributed by atoms with E-state index in [0.29, 0.717) is 11.3 Å². The van der Waals surface area contributed by atoms with E-state index in [0.717, 1.165) is 33.7 Å². The Bertz CT molecular complexity index is 2060. The van der Waals surface area contributed by atoms with E-state index in [2.05, 4.69) is 11.6 Å². The highest BCUT2D eigenvalue weighted by atomic mass is 19.1. The fourth-order valence-electron chi connectivity index (χ4n) is 6.94. The minimum absolute atomic E-state index is 0.0107. The molecule has 2 atom stereocenters. The van der Waals surface area contributed by atoms with Gasteiger partial charge in [-0.25, -0.2) is 13.2 Å². The second-order valence-electron chi connectivity index (χ2n) is 12.4. The van der Waals surface area contributed by atoms with Crippen molar-refractivity contribution in [2.24, 2.45) is 0 Å². The summed E-state index contributed by atoms with van der Waals surface area (Å²) in [5, 5.41) is 20.5. The van der Waals surface area contributed by atoms with Gasteiger partial charge in [-0.05, 0) is 55.7 Å². The normalized spacial score (nSPS) is 17.6. The number of phenols is 1. The zero-order valence-corrected chi connectivity index (χ0v) is 26.8. The van der Waals surface area contributed by atoms with Crippen LogP contribution in [-0.4, -0.2) is 74.8 Å². The number of hydrogen-bond acceptors (Lipinski definition) is 7. The highest BCUT2D eigenvalue weighted by molar-refractivity contribution is 6.13. The average molecular weight is 662 g/mol. The van der Waals surface area contributed by atoms with Crippen LogP contribution in [0.5, 0.6) is 5.75 Å². The molecule has 2 aliphatic heterocycles. The summed E-state index contributed by atoms with van der Waals surface area (Å²) in [6, 6.07) is 4.24. The van der Waals surface area contributed by atoms with Gasteiger partial charge in [-0.2, -0.15) is 0 Å². The number of anilines is 2. The van der Waals surface area contributed by atoms with Crippen LogP contribution in [-0.2, 0) is 9.59 Å². The number of pyridine rings is 2. The molecule has 10 nitrogen and oxygen atoms in total. The smallest absolute Gasteiger partial charge is 0.281 e. The van der Waals surface area contributed by atoms with E-state index in [1.165, 1.54) is 17.2 Å². The van der Waals surface area contributed by atoms with Crippen molar-refractivity contribution < 1.29 is 33.0 Å². The van der Waals surface area contributed by atoms with Crippen molar-refractivity contribution >= 4 is 34.1 Å². The molecule has 13 heteroatoms. The molecule has 4 heterocycles. The summed E-state index contributed by atoms with van der Waals surface area (Å²) in [6.07, 6.45) is 2.66. The van der Waals surface area contributed by atoms with Crippen LogP contribution in [0.3, 0.4) is 0 Å². The molecular formula is C35H34F3N5O5. The first-order chi connectivity index (χ1) is 22.8. The number of amides is 2. The van der Waals surface area contributed by atoms with E-state index in [9.17, 15) is 24.6 Å². The van der Waals surface area contributed by atoms with E-state index in [1.54, 1.807) is 24.8 Å². The monoisotopic (exact) mass is 661 g/mol. The molecule has 2 N–H and O–H groups in total. The number of aliphatic hydroxyl groups excluding tert-OH is 1. The summed E-state index contributed by atoms with van der Waals surface area (Å²) in [7, 11) is 0. The summed E-state index contributed by atoms with van der Waals surface area (Å²) in [4.78, 5) is 50.4. The van der Waals surface area contributed by atoms with Crippen molar-refractivity contribution in [3.8, 4) is 22.6 Å². The molecule has 2 aromatic carbocycles. The molecule has 0 aliphatic carbocycles.